The topological polar surface area (TPSA) is 569 Å². The van der Waals surface area contributed by atoms with Crippen LogP contribution in [0.1, 0.15) is 101 Å². The van der Waals surface area contributed by atoms with E-state index in [1.807, 2.05) is 53.8 Å². The Morgan fingerprint density at radius 3 is 1.25 bits per heavy atom. The Balaban J connectivity index is 1.90. The molecule has 1 aliphatic rings. The van der Waals surface area contributed by atoms with Crippen LogP contribution in [0.15, 0.2) is 58.5 Å². The number of alkyl carbamates (subject to hydrolysis) is 1. The molecule has 10 amide bonds. The summed E-state index contributed by atoms with van der Waals surface area (Å²) in [5, 5.41) is 47.2. The highest BCUT2D eigenvalue weighted by molar-refractivity contribution is 7.98. The van der Waals surface area contributed by atoms with Crippen LogP contribution < -0.4 is 76.9 Å². The largest absolute Gasteiger partial charge is 0.481 e. The number of carbonyl (C=O) groups excluding carboxylic acids is 10. The fourth-order valence-electron chi connectivity index (χ4n) is 8.89. The minimum atomic E-state index is -1.88. The molecule has 88 heavy (non-hydrogen) atoms. The van der Waals surface area contributed by atoms with E-state index in [1.54, 1.807) is 6.26 Å². The zero-order chi connectivity index (χ0) is 65.6. The van der Waals surface area contributed by atoms with Crippen LogP contribution in [0.3, 0.4) is 0 Å². The summed E-state index contributed by atoms with van der Waals surface area (Å²) in [5.41, 5.74) is 36.4. The van der Waals surface area contributed by atoms with Crippen LogP contribution in [0.2, 0.25) is 0 Å². The van der Waals surface area contributed by atoms with Gasteiger partial charge >= 0.3 is 24.0 Å². The van der Waals surface area contributed by atoms with Crippen LogP contribution in [-0.4, -0.2) is 184 Å². The summed E-state index contributed by atoms with van der Waals surface area (Å²) in [7, 11) is 0. The molecular weight excluding hydrogens is 1180 g/mol. The SMILES string of the molecule is CSCC[C@H](NC(=O)[C@H](CCC(=O)O)NC(=O)[C@H](CCC(N)=O)NC(=O)OCC1c2ccccc2-c2ccccc21)C(=O)N[C@@H](CCC(N)=O)C(=O)N[C@@H](CCCN=C(N)N)C(=O)N[C@@H](CCCN=C(N)N)C(=O)N[C@@H](C)C(=O)N[C@@H](CC(=O)O)C(=O)O. The zero-order valence-electron chi connectivity index (χ0n) is 48.5. The van der Waals surface area contributed by atoms with Gasteiger partial charge in [-0.2, -0.15) is 11.8 Å². The first-order valence-corrected chi connectivity index (χ1v) is 29.1. The number of hydrogen-bond acceptors (Lipinski definition) is 17. The highest BCUT2D eigenvalue weighted by atomic mass is 32.2. The van der Waals surface area contributed by atoms with E-state index in [0.29, 0.717) is 0 Å². The van der Waals surface area contributed by atoms with E-state index in [-0.39, 0.29) is 75.4 Å². The minimum Gasteiger partial charge on any atom is -0.481 e. The van der Waals surface area contributed by atoms with Crippen molar-refractivity contribution >= 4 is 101 Å². The van der Waals surface area contributed by atoms with Gasteiger partial charge in [-0.3, -0.25) is 62.7 Å². The van der Waals surface area contributed by atoms with Crippen LogP contribution in [0.4, 0.5) is 4.79 Å². The second-order valence-electron chi connectivity index (χ2n) is 20.2. The van der Waals surface area contributed by atoms with Gasteiger partial charge in [-0.15, -0.1) is 0 Å². The number of ether oxygens (including phenoxy) is 1. The molecule has 0 saturated heterocycles. The summed E-state index contributed by atoms with van der Waals surface area (Å²) in [6.07, 6.45) is -4.14. The second kappa shape index (κ2) is 36.9. The molecular formula is C54H78N16O17S. The molecule has 0 bridgehead atoms. The number of hydrogen-bond donors (Lipinski definition) is 17. The summed E-state index contributed by atoms with van der Waals surface area (Å²) in [4.78, 5) is 178. The van der Waals surface area contributed by atoms with E-state index in [4.69, 9.17) is 44.2 Å². The Kier molecular flexibility index (Phi) is 30.4. The molecule has 3 rings (SSSR count). The first-order valence-electron chi connectivity index (χ1n) is 27.7. The number of carboxylic acids is 3. The highest BCUT2D eigenvalue weighted by Gasteiger charge is 2.36. The number of nitrogens with zero attached hydrogens (tertiary/aromatic N) is 2. The van der Waals surface area contributed by atoms with E-state index >= 15 is 0 Å². The number of primary amides is 2. The van der Waals surface area contributed by atoms with Crippen LogP contribution in [0, 0.1) is 0 Å². The van der Waals surface area contributed by atoms with Gasteiger partial charge in [0.2, 0.25) is 53.2 Å². The van der Waals surface area contributed by atoms with Gasteiger partial charge < -0.3 is 97.0 Å². The standard InChI is InChI=1S/C54H78N16O17S/c1-27(44(77)69-39(51(84)85)25-43(75)76)63-45(78)33(13-7-22-61-52(57)58)64-46(79)34(14-8-23-62-53(59)60)65-47(80)35(15-18-40(55)71)66-50(83)38(21-24-88-2)68-48(81)36(17-20-42(73)74)67-49(82)37(16-19-41(56)72)70-54(86)87-26-32-30-11-5-3-9-28(30)29-10-4-6-12-31(29)32/h3-6,9-12,27,32-39H,7-8,13-26H2,1-2H3,(H2,55,71)(H2,56,72)(H,63,78)(H,64,79)(H,65,80)(H,66,83)(H,67,82)(H,68,81)(H,69,77)(H,70,86)(H,73,74)(H,75,76)(H,84,85)(H4,57,58,61)(H4,59,60,62)/t27-,33-,34-,35-,36-,37-,38-,39-/m0/s1. The third kappa shape index (κ3) is 25.4. The lowest BCUT2D eigenvalue weighted by Gasteiger charge is -2.28. The fourth-order valence-corrected chi connectivity index (χ4v) is 9.36. The number of nitrogens with two attached hydrogens (primary N) is 6. The number of carboxylic acid groups (broad SMARTS) is 3. The molecule has 0 saturated carbocycles. The molecule has 0 aromatic heterocycles. The molecule has 0 unspecified atom stereocenters. The molecule has 23 N–H and O–H groups in total. The summed E-state index contributed by atoms with van der Waals surface area (Å²) < 4.78 is 5.60. The first kappa shape index (κ1) is 72.5. The van der Waals surface area contributed by atoms with Crippen molar-refractivity contribution in [2.45, 2.75) is 138 Å². The van der Waals surface area contributed by atoms with E-state index < -0.39 is 170 Å². The Hall–Kier alpha value is -9.76. The molecule has 33 nitrogen and oxygen atoms in total. The van der Waals surface area contributed by atoms with Crippen LogP contribution in [0.25, 0.3) is 11.1 Å². The number of amides is 10. The van der Waals surface area contributed by atoms with Gasteiger partial charge in [-0.1, -0.05) is 48.5 Å². The maximum atomic E-state index is 14.3. The van der Waals surface area contributed by atoms with Crippen LogP contribution >= 0.6 is 11.8 Å². The number of fused-ring (bicyclic) bond motifs is 3. The van der Waals surface area contributed by atoms with E-state index in [9.17, 15) is 72.5 Å². The number of carbonyl (C=O) groups is 13. The molecule has 1 aliphatic carbocycles. The summed E-state index contributed by atoms with van der Waals surface area (Å²) >= 11 is 1.23. The number of benzene rings is 2. The van der Waals surface area contributed by atoms with Gasteiger partial charge in [0.1, 0.15) is 54.9 Å². The first-order chi connectivity index (χ1) is 41.6. The molecule has 0 fully saturated rings. The Morgan fingerprint density at radius 2 is 0.864 bits per heavy atom. The third-order valence-electron chi connectivity index (χ3n) is 13.4. The number of aliphatic imine (C=N–C) groups is 2. The third-order valence-corrected chi connectivity index (χ3v) is 14.0. The molecule has 2 aromatic carbocycles. The Bertz CT molecular complexity index is 2860. The maximum Gasteiger partial charge on any atom is 0.407 e. The Labute approximate surface area is 509 Å². The van der Waals surface area contributed by atoms with E-state index in [1.165, 1.54) is 11.8 Å². The number of nitrogens with one attached hydrogen (secondary N) is 8. The van der Waals surface area contributed by atoms with Crippen molar-refractivity contribution in [2.75, 3.05) is 31.7 Å². The molecule has 2 aromatic rings. The predicted octanol–water partition coefficient (Wildman–Crippen LogP) is -3.88. The average Bonchev–Trinajstić information content (AvgIpc) is 2.20. The average molecular weight is 1260 g/mol. The monoisotopic (exact) mass is 1250 g/mol. The van der Waals surface area contributed by atoms with Crippen molar-refractivity contribution in [1.29, 1.82) is 0 Å². The second-order valence-corrected chi connectivity index (χ2v) is 21.2. The minimum absolute atomic E-state index is 0.00600. The molecule has 8 atom stereocenters. The fraction of sp³-hybridized carbons (Fsp3) is 0.500. The quantitative estimate of drug-likeness (QED) is 0.0172. The molecule has 0 radical (unpaired) electrons. The van der Waals surface area contributed by atoms with Gasteiger partial charge in [0.25, 0.3) is 0 Å². The Morgan fingerprint density at radius 1 is 0.489 bits per heavy atom. The predicted molar refractivity (Wildman–Crippen MR) is 318 cm³/mol. The number of rotatable bonds is 40. The lowest BCUT2D eigenvalue weighted by Crippen LogP contribution is -2.60. The molecule has 0 aliphatic heterocycles. The van der Waals surface area contributed by atoms with E-state index in [0.717, 1.165) is 29.2 Å². The van der Waals surface area contributed by atoms with Crippen molar-refractivity contribution in [1.82, 2.24) is 42.5 Å². The highest BCUT2D eigenvalue weighted by Crippen LogP contribution is 2.44. The van der Waals surface area contributed by atoms with Gasteiger partial charge in [0.15, 0.2) is 11.9 Å². The smallest absolute Gasteiger partial charge is 0.407 e. The van der Waals surface area contributed by atoms with Gasteiger partial charge in [0.05, 0.1) is 6.42 Å². The zero-order valence-corrected chi connectivity index (χ0v) is 49.3. The number of thioether (sulfide) groups is 1. The van der Waals surface area contributed by atoms with Crippen LogP contribution in [-0.2, 0) is 62.3 Å². The van der Waals surface area contributed by atoms with Gasteiger partial charge in [-0.25, -0.2) is 9.59 Å². The summed E-state index contributed by atoms with van der Waals surface area (Å²) in [6.45, 7) is 0.829. The number of aliphatic carboxylic acids is 3. The normalized spacial score (nSPS) is 14.0. The van der Waals surface area contributed by atoms with Crippen LogP contribution in [0.5, 0.6) is 0 Å². The van der Waals surface area contributed by atoms with Crippen molar-refractivity contribution in [3.05, 3.63) is 59.7 Å². The lowest BCUT2D eigenvalue weighted by atomic mass is 9.98. The van der Waals surface area contributed by atoms with Crippen molar-refractivity contribution < 1.29 is 82.4 Å². The summed E-state index contributed by atoms with van der Waals surface area (Å²) in [6, 6.07) is 2.02. The molecule has 0 heterocycles. The van der Waals surface area contributed by atoms with E-state index in [2.05, 4.69) is 47.2 Å². The van der Waals surface area contributed by atoms with Gasteiger partial charge in [-0.05, 0) is 92.6 Å². The summed E-state index contributed by atoms with van der Waals surface area (Å²) in [5.74, 6) is -14.7. The lowest BCUT2D eigenvalue weighted by molar-refractivity contribution is -0.147. The van der Waals surface area contributed by atoms with Crippen molar-refractivity contribution in [3.8, 4) is 11.1 Å². The van der Waals surface area contributed by atoms with Crippen molar-refractivity contribution in [2.24, 2.45) is 44.4 Å². The number of guanidine groups is 2. The maximum absolute atomic E-state index is 14.3. The van der Waals surface area contributed by atoms with Gasteiger partial charge in [0, 0.05) is 38.3 Å². The molecule has 0 spiro atoms. The molecule has 482 valence electrons. The van der Waals surface area contributed by atoms with Crippen molar-refractivity contribution in [3.63, 3.8) is 0 Å². The molecule has 34 heteroatoms.